The van der Waals surface area contributed by atoms with Gasteiger partial charge in [-0.25, -0.2) is 15.0 Å². The summed E-state index contributed by atoms with van der Waals surface area (Å²) in [6.45, 7) is 0. The van der Waals surface area contributed by atoms with Crippen LogP contribution in [0.1, 0.15) is 22.5 Å². The molecule has 1 aliphatic carbocycles. The number of para-hydroxylation sites is 2. The third kappa shape index (κ3) is 2.85. The molecule has 0 N–H and O–H groups in total. The number of aliphatic imine (C=N–C) groups is 2. The van der Waals surface area contributed by atoms with Gasteiger partial charge in [-0.05, 0) is 18.2 Å². The third-order valence-electron chi connectivity index (χ3n) is 5.53. The molecule has 4 aromatic rings. The van der Waals surface area contributed by atoms with Crippen LogP contribution in [0.4, 0.5) is 0 Å². The van der Waals surface area contributed by atoms with Crippen molar-refractivity contribution >= 4 is 28.5 Å². The first-order valence-electron chi connectivity index (χ1n) is 10.1. The standard InChI is InChI=1S/C26H18N4/c1-3-9-17(10-4-1)25-26(18-11-5-2-6-12-18)30-24-16-22-21(15-23(24)29-25)27-19-13-7-8-14-20(19)28-22/h1-15,24H,16H2. The highest BCUT2D eigenvalue weighted by Gasteiger charge is 2.29. The van der Waals surface area contributed by atoms with Crippen molar-refractivity contribution in [3.63, 3.8) is 0 Å². The largest absolute Gasteiger partial charge is 0.272 e. The minimum absolute atomic E-state index is 0.0457. The molecule has 3 aromatic carbocycles. The summed E-state index contributed by atoms with van der Waals surface area (Å²) in [5.41, 5.74) is 8.64. The van der Waals surface area contributed by atoms with Crippen molar-refractivity contribution in [2.75, 3.05) is 0 Å². The van der Waals surface area contributed by atoms with Crippen LogP contribution < -0.4 is 0 Å². The summed E-state index contributed by atoms with van der Waals surface area (Å²) in [4.78, 5) is 19.9. The number of benzene rings is 3. The van der Waals surface area contributed by atoms with Crippen LogP contribution in [0.5, 0.6) is 0 Å². The van der Waals surface area contributed by atoms with E-state index in [2.05, 4.69) is 30.3 Å². The van der Waals surface area contributed by atoms with Gasteiger partial charge in [0.05, 0.1) is 45.6 Å². The zero-order chi connectivity index (χ0) is 19.9. The molecule has 0 spiro atoms. The second kappa shape index (κ2) is 6.85. The molecule has 142 valence electrons. The maximum Gasteiger partial charge on any atom is 0.0985 e. The van der Waals surface area contributed by atoms with Crippen molar-refractivity contribution < 1.29 is 0 Å². The number of fused-ring (bicyclic) bond motifs is 3. The Labute approximate surface area is 174 Å². The molecule has 30 heavy (non-hydrogen) atoms. The number of nitrogens with zero attached hydrogens (tertiary/aromatic N) is 4. The highest BCUT2D eigenvalue weighted by molar-refractivity contribution is 6.54. The van der Waals surface area contributed by atoms with Crippen molar-refractivity contribution in [1.82, 2.24) is 9.97 Å². The average Bonchev–Trinajstić information content (AvgIpc) is 2.81. The molecule has 1 aliphatic heterocycles. The van der Waals surface area contributed by atoms with Crippen LogP contribution in [0.15, 0.2) is 101 Å². The second-order valence-electron chi connectivity index (χ2n) is 7.50. The second-order valence-corrected chi connectivity index (χ2v) is 7.50. The van der Waals surface area contributed by atoms with E-state index in [-0.39, 0.29) is 6.04 Å². The number of aromatic nitrogens is 2. The van der Waals surface area contributed by atoms with E-state index in [1.54, 1.807) is 0 Å². The van der Waals surface area contributed by atoms with Crippen LogP contribution in [0.3, 0.4) is 0 Å². The van der Waals surface area contributed by atoms with E-state index in [9.17, 15) is 0 Å². The molecule has 2 heterocycles. The molecule has 2 aliphatic rings. The maximum atomic E-state index is 5.16. The van der Waals surface area contributed by atoms with Crippen LogP contribution in [0.25, 0.3) is 17.1 Å². The molecule has 4 nitrogen and oxygen atoms in total. The number of hydrogen-bond acceptors (Lipinski definition) is 4. The molecule has 4 heteroatoms. The first-order chi connectivity index (χ1) is 14.8. The van der Waals surface area contributed by atoms with Gasteiger partial charge in [0, 0.05) is 17.5 Å². The molecule has 0 fully saturated rings. The third-order valence-corrected chi connectivity index (χ3v) is 5.53. The van der Waals surface area contributed by atoms with Gasteiger partial charge in [0.15, 0.2) is 0 Å². The van der Waals surface area contributed by atoms with E-state index >= 15 is 0 Å². The summed E-state index contributed by atoms with van der Waals surface area (Å²) in [5, 5.41) is 0. The Morgan fingerprint density at radius 3 is 1.93 bits per heavy atom. The van der Waals surface area contributed by atoms with E-state index in [0.29, 0.717) is 6.42 Å². The number of rotatable bonds is 2. The predicted octanol–water partition coefficient (Wildman–Crippen LogP) is 4.89. The molecule has 1 aromatic heterocycles. The van der Waals surface area contributed by atoms with Gasteiger partial charge in [-0.3, -0.25) is 4.99 Å². The van der Waals surface area contributed by atoms with Gasteiger partial charge < -0.3 is 0 Å². The molecule has 0 bridgehead atoms. The first kappa shape index (κ1) is 17.0. The quantitative estimate of drug-likeness (QED) is 0.493. The normalized spacial score (nSPS) is 17.5. The summed E-state index contributed by atoms with van der Waals surface area (Å²) in [6, 6.07) is 28.5. The van der Waals surface area contributed by atoms with E-state index in [4.69, 9.17) is 20.0 Å². The number of hydrogen-bond donors (Lipinski definition) is 0. The smallest absolute Gasteiger partial charge is 0.0985 e. The Kier molecular flexibility index (Phi) is 3.88. The summed E-state index contributed by atoms with van der Waals surface area (Å²) in [7, 11) is 0. The lowest BCUT2D eigenvalue weighted by atomic mass is 9.93. The fourth-order valence-corrected chi connectivity index (χ4v) is 4.06. The molecule has 1 unspecified atom stereocenters. The molecule has 6 rings (SSSR count). The van der Waals surface area contributed by atoms with Gasteiger partial charge in [0.25, 0.3) is 0 Å². The SMILES string of the molecule is C1=C2N=C(c3ccccc3)C(c3ccccc3)=NC2Cc2nc3ccccc3nc21. The van der Waals surface area contributed by atoms with Gasteiger partial charge in [0.2, 0.25) is 0 Å². The summed E-state index contributed by atoms with van der Waals surface area (Å²) < 4.78 is 0. The summed E-state index contributed by atoms with van der Waals surface area (Å²) in [6.07, 6.45) is 2.76. The predicted molar refractivity (Wildman–Crippen MR) is 121 cm³/mol. The van der Waals surface area contributed by atoms with Crippen molar-refractivity contribution in [1.29, 1.82) is 0 Å². The molecule has 0 amide bonds. The highest BCUT2D eigenvalue weighted by Crippen LogP contribution is 2.30. The lowest BCUT2D eigenvalue weighted by Gasteiger charge is -2.26. The molecule has 0 saturated carbocycles. The van der Waals surface area contributed by atoms with E-state index < -0.39 is 0 Å². The minimum Gasteiger partial charge on any atom is -0.272 e. The van der Waals surface area contributed by atoms with Crippen molar-refractivity contribution in [3.05, 3.63) is 113 Å². The topological polar surface area (TPSA) is 50.5 Å². The van der Waals surface area contributed by atoms with Crippen LogP contribution >= 0.6 is 0 Å². The average molecular weight is 386 g/mol. The molecule has 1 atom stereocenters. The van der Waals surface area contributed by atoms with Crippen molar-refractivity contribution in [2.24, 2.45) is 9.98 Å². The molecular formula is C26H18N4. The zero-order valence-corrected chi connectivity index (χ0v) is 16.2. The molecule has 0 saturated heterocycles. The van der Waals surface area contributed by atoms with E-state index in [1.807, 2.05) is 60.7 Å². The van der Waals surface area contributed by atoms with E-state index in [0.717, 1.165) is 50.7 Å². The first-order valence-corrected chi connectivity index (χ1v) is 10.1. The Morgan fingerprint density at radius 1 is 0.633 bits per heavy atom. The summed E-state index contributed by atoms with van der Waals surface area (Å²) in [5.74, 6) is 0. The van der Waals surface area contributed by atoms with Crippen molar-refractivity contribution in [2.45, 2.75) is 12.5 Å². The maximum absolute atomic E-state index is 5.16. The van der Waals surface area contributed by atoms with Gasteiger partial charge in [-0.1, -0.05) is 72.8 Å². The molecule has 0 radical (unpaired) electrons. The fourth-order valence-electron chi connectivity index (χ4n) is 4.06. The van der Waals surface area contributed by atoms with Gasteiger partial charge in [-0.2, -0.15) is 0 Å². The Bertz CT molecular complexity index is 1350. The Hall–Kier alpha value is -3.92. The van der Waals surface area contributed by atoms with Crippen LogP contribution in [0, 0.1) is 0 Å². The Morgan fingerprint density at radius 2 is 1.23 bits per heavy atom. The Balaban J connectivity index is 1.53. The van der Waals surface area contributed by atoms with E-state index in [1.165, 1.54) is 0 Å². The lowest BCUT2D eigenvalue weighted by molar-refractivity contribution is 0.726. The zero-order valence-electron chi connectivity index (χ0n) is 16.2. The highest BCUT2D eigenvalue weighted by atomic mass is 15.0. The van der Waals surface area contributed by atoms with Gasteiger partial charge in [-0.15, -0.1) is 0 Å². The van der Waals surface area contributed by atoms with Gasteiger partial charge in [0.1, 0.15) is 0 Å². The lowest BCUT2D eigenvalue weighted by Crippen LogP contribution is -2.29. The van der Waals surface area contributed by atoms with Crippen LogP contribution in [0.2, 0.25) is 0 Å². The minimum atomic E-state index is -0.0457. The van der Waals surface area contributed by atoms with Crippen LogP contribution in [-0.2, 0) is 6.42 Å². The summed E-state index contributed by atoms with van der Waals surface area (Å²) >= 11 is 0. The van der Waals surface area contributed by atoms with Crippen LogP contribution in [-0.4, -0.2) is 27.4 Å². The fraction of sp³-hybridized carbons (Fsp3) is 0.0769. The van der Waals surface area contributed by atoms with Gasteiger partial charge >= 0.3 is 0 Å². The molecular weight excluding hydrogens is 368 g/mol. The van der Waals surface area contributed by atoms with Crippen molar-refractivity contribution in [3.8, 4) is 0 Å². The monoisotopic (exact) mass is 386 g/mol.